The number of carbonyl (C=O) groups excluding carboxylic acids is 4. The van der Waals surface area contributed by atoms with Gasteiger partial charge in [-0.25, -0.2) is 9.13 Å². The molecule has 0 heterocycles. The van der Waals surface area contributed by atoms with E-state index in [1.165, 1.54) is 193 Å². The van der Waals surface area contributed by atoms with E-state index < -0.39 is 97.5 Å². The lowest BCUT2D eigenvalue weighted by Crippen LogP contribution is -2.30. The van der Waals surface area contributed by atoms with E-state index in [1.807, 2.05) is 0 Å². The van der Waals surface area contributed by atoms with E-state index in [0.717, 1.165) is 120 Å². The van der Waals surface area contributed by atoms with Gasteiger partial charge >= 0.3 is 39.5 Å². The zero-order valence-electron chi connectivity index (χ0n) is 64.4. The molecule has 0 aliphatic carbocycles. The number of esters is 4. The summed E-state index contributed by atoms with van der Waals surface area (Å²) in [5, 5.41) is 10.6. The van der Waals surface area contributed by atoms with Gasteiger partial charge in [-0.2, -0.15) is 0 Å². The number of phosphoric acid groups is 2. The van der Waals surface area contributed by atoms with Gasteiger partial charge in [0.05, 0.1) is 26.4 Å². The monoisotopic (exact) mass is 1440 g/mol. The lowest BCUT2D eigenvalue weighted by Gasteiger charge is -2.21. The Morgan fingerprint density at radius 2 is 0.490 bits per heavy atom. The molecule has 0 saturated carbocycles. The van der Waals surface area contributed by atoms with Gasteiger partial charge in [-0.15, -0.1) is 0 Å². The van der Waals surface area contributed by atoms with Gasteiger partial charge in [0.25, 0.3) is 0 Å². The van der Waals surface area contributed by atoms with Crippen molar-refractivity contribution in [3.63, 3.8) is 0 Å². The van der Waals surface area contributed by atoms with Crippen LogP contribution in [0, 0.1) is 23.7 Å². The SMILES string of the molecule is CCC(C)CCCCCCCCCCCCCCCCC(=O)O[C@H](COC(=O)CCCCCCCCC(C)C)COP(=O)(O)OC[C@H](O)COP(=O)(O)OC[C@@H](COC(=O)CCCCCCCCC(C)CC)OC(=O)CCCCCCCCCCCCCCCCCCCCC(C)C. The molecule has 0 aliphatic heterocycles. The van der Waals surface area contributed by atoms with E-state index in [-0.39, 0.29) is 25.7 Å². The molecule has 0 saturated heterocycles. The average Bonchev–Trinajstić information content (AvgIpc) is 1.48. The minimum Gasteiger partial charge on any atom is -0.462 e. The lowest BCUT2D eigenvalue weighted by atomic mass is 9.99. The number of aliphatic hydroxyl groups excluding tert-OH is 1. The van der Waals surface area contributed by atoms with Crippen molar-refractivity contribution in [3.05, 3.63) is 0 Å². The molecule has 0 aromatic carbocycles. The van der Waals surface area contributed by atoms with Crippen molar-refractivity contribution in [2.75, 3.05) is 39.6 Å². The molecule has 0 fully saturated rings. The molecule has 0 aliphatic rings. The summed E-state index contributed by atoms with van der Waals surface area (Å²) in [6, 6.07) is 0. The number of hydrogen-bond acceptors (Lipinski definition) is 15. The van der Waals surface area contributed by atoms with Crippen molar-refractivity contribution in [1.29, 1.82) is 0 Å². The summed E-state index contributed by atoms with van der Waals surface area (Å²) in [4.78, 5) is 72.8. The average molecular weight is 1440 g/mol. The Kier molecular flexibility index (Phi) is 66.8. The van der Waals surface area contributed by atoms with E-state index in [1.54, 1.807) is 0 Å². The van der Waals surface area contributed by atoms with Crippen LogP contribution in [0.4, 0.5) is 0 Å². The molecule has 7 atom stereocenters. The van der Waals surface area contributed by atoms with Crippen molar-refractivity contribution in [2.24, 2.45) is 23.7 Å². The molecule has 0 rings (SSSR count). The molecule has 4 unspecified atom stereocenters. The highest BCUT2D eigenvalue weighted by atomic mass is 31.2. The molecule has 0 bridgehead atoms. The Hall–Kier alpha value is -1.94. The maximum absolute atomic E-state index is 13.1. The van der Waals surface area contributed by atoms with Gasteiger partial charge < -0.3 is 33.8 Å². The number of rotatable bonds is 76. The molecular weight excluding hydrogens is 1280 g/mol. The summed E-state index contributed by atoms with van der Waals surface area (Å²) in [5.74, 6) is 0.955. The van der Waals surface area contributed by atoms with Crippen LogP contribution in [0.2, 0.25) is 0 Å². The van der Waals surface area contributed by atoms with Crippen LogP contribution in [0.15, 0.2) is 0 Å². The first-order valence-corrected chi connectivity index (χ1v) is 43.8. The third kappa shape index (κ3) is 69.8. The largest absolute Gasteiger partial charge is 0.472 e. The van der Waals surface area contributed by atoms with Crippen molar-refractivity contribution in [3.8, 4) is 0 Å². The van der Waals surface area contributed by atoms with Gasteiger partial charge in [-0.1, -0.05) is 351 Å². The smallest absolute Gasteiger partial charge is 0.462 e. The number of unbranched alkanes of at least 4 members (excludes halogenated alkanes) is 40. The highest BCUT2D eigenvalue weighted by Gasteiger charge is 2.30. The highest BCUT2D eigenvalue weighted by Crippen LogP contribution is 2.45. The summed E-state index contributed by atoms with van der Waals surface area (Å²) in [6.45, 7) is 14.2. The topological polar surface area (TPSA) is 237 Å². The van der Waals surface area contributed by atoms with Crippen LogP contribution < -0.4 is 0 Å². The van der Waals surface area contributed by atoms with Gasteiger partial charge in [-0.05, 0) is 49.4 Å². The summed E-state index contributed by atoms with van der Waals surface area (Å²) in [6.07, 6.45) is 54.4. The second-order valence-corrected chi connectivity index (χ2v) is 32.8. The normalized spacial score (nSPS) is 14.6. The number of phosphoric ester groups is 2. The van der Waals surface area contributed by atoms with Gasteiger partial charge in [0.2, 0.25) is 0 Å². The van der Waals surface area contributed by atoms with Crippen molar-refractivity contribution in [1.82, 2.24) is 0 Å². The van der Waals surface area contributed by atoms with E-state index in [2.05, 4.69) is 55.4 Å². The van der Waals surface area contributed by atoms with Crippen molar-refractivity contribution in [2.45, 2.75) is 420 Å². The summed E-state index contributed by atoms with van der Waals surface area (Å²) in [5.41, 5.74) is 0. The van der Waals surface area contributed by atoms with Crippen LogP contribution in [0.5, 0.6) is 0 Å². The Morgan fingerprint density at radius 1 is 0.286 bits per heavy atom. The first-order chi connectivity index (χ1) is 47.2. The molecule has 17 nitrogen and oxygen atoms in total. The maximum Gasteiger partial charge on any atom is 0.472 e. The number of aliphatic hydroxyl groups is 1. The van der Waals surface area contributed by atoms with Gasteiger partial charge in [-0.3, -0.25) is 37.3 Å². The molecule has 0 spiro atoms. The van der Waals surface area contributed by atoms with Crippen molar-refractivity contribution >= 4 is 39.5 Å². The van der Waals surface area contributed by atoms with E-state index >= 15 is 0 Å². The Morgan fingerprint density at radius 3 is 0.724 bits per heavy atom. The number of carbonyl (C=O) groups is 4. The van der Waals surface area contributed by atoms with Gasteiger partial charge in [0, 0.05) is 25.7 Å². The molecule has 0 aromatic rings. The molecule has 0 radical (unpaired) electrons. The predicted octanol–water partition coefficient (Wildman–Crippen LogP) is 23.2. The minimum absolute atomic E-state index is 0.106. The summed E-state index contributed by atoms with van der Waals surface area (Å²) in [7, 11) is -9.92. The van der Waals surface area contributed by atoms with Gasteiger partial charge in [0.1, 0.15) is 19.3 Å². The standard InChI is InChI=1S/C79H154O17P2/c1-9-71(7)57-49-41-32-28-24-20-17-18-22-26-30-34-46-54-62-78(83)95-74(65-89-76(81)59-51-43-37-35-40-48-56-70(5)6)67-93-97(85,86)91-63-73(80)64-92-98(87,88)94-68-75(66-90-77(82)60-52-44-38-36-42-50-58-72(8)10-2)96-79(84)61-53-45-33-29-25-21-16-14-12-11-13-15-19-23-27-31-39-47-55-69(3)4/h69-75,80H,9-68H2,1-8H3,(H,85,86)(H,87,88)/t71?,72?,73-,74+,75+/m0/s1. The van der Waals surface area contributed by atoms with E-state index in [0.29, 0.717) is 31.6 Å². The van der Waals surface area contributed by atoms with Crippen LogP contribution in [0.3, 0.4) is 0 Å². The fraction of sp³-hybridized carbons (Fsp3) is 0.949. The summed E-state index contributed by atoms with van der Waals surface area (Å²) >= 11 is 0. The van der Waals surface area contributed by atoms with E-state index in [4.69, 9.17) is 37.0 Å². The van der Waals surface area contributed by atoms with Crippen molar-refractivity contribution < 1.29 is 80.2 Å². The lowest BCUT2D eigenvalue weighted by molar-refractivity contribution is -0.161. The third-order valence-corrected chi connectivity index (χ3v) is 20.9. The second-order valence-electron chi connectivity index (χ2n) is 29.9. The molecule has 0 aromatic heterocycles. The first-order valence-electron chi connectivity index (χ1n) is 40.8. The Bertz CT molecular complexity index is 1920. The molecule has 3 N–H and O–H groups in total. The van der Waals surface area contributed by atoms with Crippen LogP contribution in [0.25, 0.3) is 0 Å². The first kappa shape index (κ1) is 96.1. The Labute approximate surface area is 600 Å². The zero-order chi connectivity index (χ0) is 72.4. The molecule has 19 heteroatoms. The Balaban J connectivity index is 5.16. The molecular formula is C79H154O17P2. The molecule has 98 heavy (non-hydrogen) atoms. The highest BCUT2D eigenvalue weighted by molar-refractivity contribution is 7.47. The molecule has 0 amide bonds. The number of ether oxygens (including phenoxy) is 4. The molecule has 582 valence electrons. The second kappa shape index (κ2) is 68.2. The van der Waals surface area contributed by atoms with Crippen LogP contribution in [0.1, 0.15) is 402 Å². The van der Waals surface area contributed by atoms with E-state index in [9.17, 15) is 43.2 Å². The minimum atomic E-state index is -4.96. The predicted molar refractivity (Wildman–Crippen MR) is 400 cm³/mol. The third-order valence-electron chi connectivity index (χ3n) is 19.0. The summed E-state index contributed by atoms with van der Waals surface area (Å²) < 4.78 is 68.6. The fourth-order valence-electron chi connectivity index (χ4n) is 12.0. The zero-order valence-corrected chi connectivity index (χ0v) is 66.2. The van der Waals surface area contributed by atoms with Crippen LogP contribution in [-0.4, -0.2) is 96.7 Å². The van der Waals surface area contributed by atoms with Gasteiger partial charge in [0.15, 0.2) is 12.2 Å². The van der Waals surface area contributed by atoms with Crippen LogP contribution >= 0.6 is 15.6 Å². The maximum atomic E-state index is 13.1. The quantitative estimate of drug-likeness (QED) is 0.0222. The fourth-order valence-corrected chi connectivity index (χ4v) is 13.6. The number of hydrogen-bond donors (Lipinski definition) is 3. The van der Waals surface area contributed by atoms with Crippen LogP contribution in [-0.2, 0) is 65.4 Å².